The fraction of sp³-hybridized carbons (Fsp3) is 0.0182. The molecule has 1 aliphatic heterocycles. The van der Waals surface area contributed by atoms with E-state index in [1.807, 2.05) is 6.07 Å². The highest BCUT2D eigenvalue weighted by atomic mass is 16.3. The van der Waals surface area contributed by atoms with E-state index >= 15 is 0 Å². The maximum absolute atomic E-state index is 6.80. The van der Waals surface area contributed by atoms with Crippen LogP contribution < -0.4 is 9.80 Å². The molecule has 12 rings (SSSR count). The van der Waals surface area contributed by atoms with Crippen LogP contribution in [0.5, 0.6) is 0 Å². The molecule has 9 aromatic carbocycles. The molecular weight excluding hydrogens is 705 g/mol. The second kappa shape index (κ2) is 12.7. The molecule has 3 nitrogen and oxygen atoms in total. The number of para-hydroxylation sites is 5. The van der Waals surface area contributed by atoms with Crippen LogP contribution in [0.2, 0.25) is 0 Å². The Morgan fingerprint density at radius 3 is 1.71 bits per heavy atom. The molecule has 1 aromatic heterocycles. The topological polar surface area (TPSA) is 19.6 Å². The lowest BCUT2D eigenvalue weighted by Gasteiger charge is -2.45. The van der Waals surface area contributed by atoms with Crippen molar-refractivity contribution in [1.29, 1.82) is 0 Å². The number of hydrogen-bond donors (Lipinski definition) is 0. The molecule has 0 N–H and O–H groups in total. The third-order valence-corrected chi connectivity index (χ3v) is 12.3. The Labute approximate surface area is 337 Å². The zero-order valence-corrected chi connectivity index (χ0v) is 31.6. The molecule has 0 amide bonds. The molecule has 10 aromatic rings. The first-order valence-electron chi connectivity index (χ1n) is 19.9. The minimum Gasteiger partial charge on any atom is -0.454 e. The van der Waals surface area contributed by atoms with E-state index in [2.05, 4.69) is 222 Å². The summed E-state index contributed by atoms with van der Waals surface area (Å²) in [5.74, 6) is 0. The summed E-state index contributed by atoms with van der Waals surface area (Å²) in [4.78, 5) is 4.86. The van der Waals surface area contributed by atoms with Gasteiger partial charge in [-0.25, -0.2) is 0 Å². The molecule has 272 valence electrons. The molecule has 2 aliphatic rings. The van der Waals surface area contributed by atoms with E-state index in [9.17, 15) is 0 Å². The highest BCUT2D eigenvalue weighted by molar-refractivity contribution is 6.11. The van der Waals surface area contributed by atoms with Gasteiger partial charge in [-0.3, -0.25) is 0 Å². The lowest BCUT2D eigenvalue weighted by Crippen LogP contribution is -2.36. The van der Waals surface area contributed by atoms with E-state index in [4.69, 9.17) is 4.42 Å². The van der Waals surface area contributed by atoms with Crippen LogP contribution in [0.4, 0.5) is 34.1 Å². The summed E-state index contributed by atoms with van der Waals surface area (Å²) in [7, 11) is 0. The molecule has 0 unspecified atom stereocenters. The number of hydrogen-bond acceptors (Lipinski definition) is 3. The Hall–Kier alpha value is -7.62. The SMILES string of the molecule is c1ccc(-c2ccc(N(c3cccc4c3-c3ccccc3C43c4ccccc4N(c4ccccc4)c4ccccc43)c3cccc4c3oc3ccccc34)cc2)cc1. The lowest BCUT2D eigenvalue weighted by molar-refractivity contribution is 0.669. The van der Waals surface area contributed by atoms with E-state index in [1.54, 1.807) is 0 Å². The summed E-state index contributed by atoms with van der Waals surface area (Å²) in [5.41, 5.74) is 17.7. The van der Waals surface area contributed by atoms with Crippen molar-refractivity contribution in [3.63, 3.8) is 0 Å². The first-order chi connectivity index (χ1) is 28.8. The number of furan rings is 1. The van der Waals surface area contributed by atoms with Crippen LogP contribution in [-0.4, -0.2) is 0 Å². The molecule has 1 aliphatic carbocycles. The zero-order valence-electron chi connectivity index (χ0n) is 31.6. The van der Waals surface area contributed by atoms with Gasteiger partial charge < -0.3 is 14.2 Å². The van der Waals surface area contributed by atoms with Gasteiger partial charge in [-0.15, -0.1) is 0 Å². The van der Waals surface area contributed by atoms with Crippen molar-refractivity contribution in [1.82, 2.24) is 0 Å². The Bertz CT molecular complexity index is 3140. The van der Waals surface area contributed by atoms with E-state index in [0.717, 1.165) is 44.7 Å². The summed E-state index contributed by atoms with van der Waals surface area (Å²) >= 11 is 0. The van der Waals surface area contributed by atoms with E-state index in [-0.39, 0.29) is 0 Å². The number of anilines is 6. The zero-order chi connectivity index (χ0) is 38.2. The average molecular weight is 741 g/mol. The van der Waals surface area contributed by atoms with Gasteiger partial charge in [0.2, 0.25) is 0 Å². The maximum atomic E-state index is 6.80. The van der Waals surface area contributed by atoms with Crippen molar-refractivity contribution in [3.05, 3.63) is 241 Å². The van der Waals surface area contributed by atoms with Crippen LogP contribution in [0.3, 0.4) is 0 Å². The molecule has 0 atom stereocenters. The highest BCUT2D eigenvalue weighted by Gasteiger charge is 2.52. The van der Waals surface area contributed by atoms with Crippen LogP contribution in [0.1, 0.15) is 22.3 Å². The predicted octanol–water partition coefficient (Wildman–Crippen LogP) is 14.9. The Morgan fingerprint density at radius 2 is 0.948 bits per heavy atom. The third-order valence-electron chi connectivity index (χ3n) is 12.3. The van der Waals surface area contributed by atoms with Gasteiger partial charge in [-0.2, -0.15) is 0 Å². The molecule has 0 bridgehead atoms. The van der Waals surface area contributed by atoms with Crippen LogP contribution in [0.25, 0.3) is 44.2 Å². The van der Waals surface area contributed by atoms with Crippen LogP contribution >= 0.6 is 0 Å². The van der Waals surface area contributed by atoms with Gasteiger partial charge in [0.15, 0.2) is 5.58 Å². The number of benzene rings is 9. The summed E-state index contributed by atoms with van der Waals surface area (Å²) in [6, 6.07) is 79.2. The largest absolute Gasteiger partial charge is 0.454 e. The molecule has 0 saturated heterocycles. The van der Waals surface area contributed by atoms with E-state index in [1.165, 1.54) is 55.9 Å². The second-order valence-electron chi connectivity index (χ2n) is 15.2. The highest BCUT2D eigenvalue weighted by Crippen LogP contribution is 2.65. The fourth-order valence-electron chi connectivity index (χ4n) is 9.93. The predicted molar refractivity (Wildman–Crippen MR) is 239 cm³/mol. The Morgan fingerprint density at radius 1 is 0.397 bits per heavy atom. The van der Waals surface area contributed by atoms with Crippen molar-refractivity contribution in [2.75, 3.05) is 9.80 Å². The van der Waals surface area contributed by atoms with Crippen LogP contribution in [-0.2, 0) is 5.41 Å². The third kappa shape index (κ3) is 4.56. The van der Waals surface area contributed by atoms with Gasteiger partial charge in [0, 0.05) is 27.7 Å². The molecule has 58 heavy (non-hydrogen) atoms. The molecule has 2 heterocycles. The molecular formula is C55H36N2O. The minimum absolute atomic E-state index is 0.575. The maximum Gasteiger partial charge on any atom is 0.159 e. The minimum atomic E-state index is -0.575. The second-order valence-corrected chi connectivity index (χ2v) is 15.2. The number of rotatable bonds is 5. The smallest absolute Gasteiger partial charge is 0.159 e. The lowest BCUT2D eigenvalue weighted by atomic mass is 9.64. The summed E-state index contributed by atoms with van der Waals surface area (Å²) in [6.45, 7) is 0. The van der Waals surface area contributed by atoms with Gasteiger partial charge in [0.25, 0.3) is 0 Å². The average Bonchev–Trinajstić information content (AvgIpc) is 3.83. The van der Waals surface area contributed by atoms with Crippen LogP contribution in [0, 0.1) is 0 Å². The van der Waals surface area contributed by atoms with Crippen molar-refractivity contribution in [2.24, 2.45) is 0 Å². The quantitative estimate of drug-likeness (QED) is 0.175. The molecule has 0 radical (unpaired) electrons. The van der Waals surface area contributed by atoms with Gasteiger partial charge >= 0.3 is 0 Å². The van der Waals surface area contributed by atoms with Gasteiger partial charge in [0.1, 0.15) is 5.58 Å². The monoisotopic (exact) mass is 740 g/mol. The molecule has 1 spiro atoms. The molecule has 0 saturated carbocycles. The van der Waals surface area contributed by atoms with E-state index < -0.39 is 5.41 Å². The Kier molecular flexibility index (Phi) is 7.14. The van der Waals surface area contributed by atoms with Gasteiger partial charge in [-0.1, -0.05) is 164 Å². The Balaban J connectivity index is 1.16. The standard InChI is InChI=1S/C55H36N2O/c1-3-17-37(18-4-1)38-33-35-40(36-34-38)57(51-31-15-23-42-41-21-8-14-32-52(41)58-54(42)51)50-30-16-27-47-53(50)43-22-7-9-24-44(43)55(47)45-25-10-12-28-48(45)56(39-19-5-2-6-20-39)49-29-13-11-26-46(49)55/h1-36H. The van der Waals surface area contributed by atoms with Gasteiger partial charge in [0.05, 0.1) is 28.2 Å². The van der Waals surface area contributed by atoms with Crippen molar-refractivity contribution >= 4 is 56.1 Å². The summed E-state index contributed by atoms with van der Waals surface area (Å²) < 4.78 is 6.80. The van der Waals surface area contributed by atoms with E-state index in [0.29, 0.717) is 0 Å². The molecule has 3 heteroatoms. The summed E-state index contributed by atoms with van der Waals surface area (Å²) in [6.07, 6.45) is 0. The number of fused-ring (bicyclic) bond motifs is 12. The number of nitrogens with zero attached hydrogens (tertiary/aromatic N) is 2. The summed E-state index contributed by atoms with van der Waals surface area (Å²) in [5, 5.41) is 2.21. The fourth-order valence-corrected chi connectivity index (χ4v) is 9.93. The van der Waals surface area contributed by atoms with Gasteiger partial charge in [-0.05, 0) is 93.5 Å². The normalized spacial score (nSPS) is 13.3. The van der Waals surface area contributed by atoms with Crippen molar-refractivity contribution in [3.8, 4) is 22.3 Å². The first-order valence-corrected chi connectivity index (χ1v) is 19.9. The first kappa shape index (κ1) is 32.6. The van der Waals surface area contributed by atoms with Crippen molar-refractivity contribution in [2.45, 2.75) is 5.41 Å². The van der Waals surface area contributed by atoms with Crippen LogP contribution in [0.15, 0.2) is 223 Å². The molecule has 0 fully saturated rings. The van der Waals surface area contributed by atoms with Crippen molar-refractivity contribution < 1.29 is 4.42 Å².